The van der Waals surface area contributed by atoms with Crippen LogP contribution in [-0.4, -0.2) is 226 Å². The van der Waals surface area contributed by atoms with Gasteiger partial charge in [0.05, 0.1) is 181 Å². The Kier molecular flexibility index (Phi) is 41.4. The molecule has 5 aromatic rings. The van der Waals surface area contributed by atoms with Crippen LogP contribution in [0.2, 0.25) is 15.1 Å². The minimum atomic E-state index is -0.921. The normalized spacial score (nSPS) is 15.3. The van der Waals surface area contributed by atoms with Gasteiger partial charge < -0.3 is 66.3 Å². The molecular formula is C99H155Cl4FN12O9S4V+4. The summed E-state index contributed by atoms with van der Waals surface area (Å²) >= 11 is 39.9. The molecule has 0 amide bonds. The molecular weight excluding hydrogens is 1840 g/mol. The van der Waals surface area contributed by atoms with Crippen LogP contribution in [0.1, 0.15) is 218 Å². The fourth-order valence-electron chi connectivity index (χ4n) is 15.3. The molecule has 5 aliphatic rings. The SMILES string of the molecule is CC[N+](C)(CC)CCSc1c(Cl)c(OCCC(C)C)c2c3nc4c5c(OCCC(C)C)c(Cl)c(SCC[N+](C)(CC)CC)c(OCCC(C)C)c5c5n4o[n+]-3c(c2c1OCCC(C)C)N=c1[n-]c(c2c(OCCC(C)C)c(SCC[N+](C)(CC)CC)c(Cl)c(OCCC(C)C)c12)=NC1=NC(=N5)C2=C(OCCC(C)C)C(SCC[N+](F)(CC)CC)C(Cl)C(OCCC(C)C)=C12.[V]. The van der Waals surface area contributed by atoms with E-state index in [0.29, 0.717) is 240 Å². The van der Waals surface area contributed by atoms with Crippen LogP contribution in [0.5, 0.6) is 34.5 Å². The Bertz CT molecular complexity index is 5190. The number of quaternary nitrogens is 4. The van der Waals surface area contributed by atoms with Gasteiger partial charge in [-0.3, -0.25) is 0 Å². The summed E-state index contributed by atoms with van der Waals surface area (Å²) in [5.41, 5.74) is 1.56. The number of benzene rings is 3. The summed E-state index contributed by atoms with van der Waals surface area (Å²) in [6, 6.07) is 0. The zero-order valence-electron chi connectivity index (χ0n) is 83.4. The smallest absolute Gasteiger partial charge is 0.286 e. The first-order chi connectivity index (χ1) is 61.3. The third-order valence-electron chi connectivity index (χ3n) is 26.1. The van der Waals surface area contributed by atoms with Gasteiger partial charge in [0.1, 0.15) is 85.4 Å². The average molecular weight is 2000 g/mol. The average Bonchev–Trinajstić information content (AvgIpc) is 1.53. The molecule has 4 aliphatic heterocycles. The molecule has 31 heteroatoms. The molecule has 6 heterocycles. The summed E-state index contributed by atoms with van der Waals surface area (Å²) in [6.07, 6.45) is 5.53. The van der Waals surface area contributed by atoms with Crippen LogP contribution >= 0.6 is 93.5 Å². The third kappa shape index (κ3) is 25.9. The van der Waals surface area contributed by atoms with E-state index < -0.39 is 15.3 Å². The number of aliphatic imine (C=N–C) groups is 2. The quantitative estimate of drug-likeness (QED) is 0.0116. The summed E-state index contributed by atoms with van der Waals surface area (Å²) < 4.78 is 89.9. The zero-order valence-corrected chi connectivity index (χ0v) is 91.1. The van der Waals surface area contributed by atoms with E-state index in [-0.39, 0.29) is 138 Å². The number of halogens is 5. The number of amidine groups is 2. The molecule has 725 valence electrons. The Labute approximate surface area is 825 Å². The van der Waals surface area contributed by atoms with E-state index in [1.807, 2.05) is 13.8 Å². The van der Waals surface area contributed by atoms with Gasteiger partial charge in [-0.15, -0.1) is 63.4 Å². The van der Waals surface area contributed by atoms with Crippen LogP contribution in [0.15, 0.2) is 61.9 Å². The Balaban J connectivity index is 0.0000190. The number of hydrogen-bond acceptors (Lipinski definition) is 18. The number of fused-ring (bicyclic) bond motifs is 15. The van der Waals surface area contributed by atoms with Crippen molar-refractivity contribution in [2.75, 3.05) is 176 Å². The number of hydrogen-bond donors (Lipinski definition) is 0. The predicted octanol–water partition coefficient (Wildman–Crippen LogP) is 24.4. The molecule has 0 saturated carbocycles. The van der Waals surface area contributed by atoms with E-state index in [4.69, 9.17) is 119 Å². The van der Waals surface area contributed by atoms with Gasteiger partial charge in [-0.2, -0.15) is 9.62 Å². The Morgan fingerprint density at radius 2 is 0.746 bits per heavy atom. The van der Waals surface area contributed by atoms with Crippen LogP contribution in [0.4, 0.5) is 16.1 Å². The summed E-state index contributed by atoms with van der Waals surface area (Å²) in [5.74, 6) is 8.84. The maximum Gasteiger partial charge on any atom is 0.286 e. The topological polar surface area (TPSA) is 172 Å². The number of thioether (sulfide) groups is 4. The van der Waals surface area contributed by atoms with E-state index in [2.05, 4.69) is 173 Å². The van der Waals surface area contributed by atoms with Crippen molar-refractivity contribution in [1.29, 1.82) is 0 Å². The van der Waals surface area contributed by atoms with Gasteiger partial charge in [0.25, 0.3) is 11.5 Å². The molecule has 3 aromatic carbocycles. The van der Waals surface area contributed by atoms with Crippen LogP contribution in [0.25, 0.3) is 43.8 Å². The molecule has 0 saturated heterocycles. The number of alkyl halides is 1. The molecule has 1 radical (unpaired) electrons. The summed E-state index contributed by atoms with van der Waals surface area (Å²) in [4.78, 5) is 38.2. The van der Waals surface area contributed by atoms with Gasteiger partial charge in [0.2, 0.25) is 5.82 Å². The Morgan fingerprint density at radius 3 is 1.15 bits per heavy atom. The van der Waals surface area contributed by atoms with Crippen LogP contribution in [-0.2, 0) is 28.0 Å². The van der Waals surface area contributed by atoms with Crippen molar-refractivity contribution < 1.29 is 88.5 Å². The Hall–Kier alpha value is -4.39. The van der Waals surface area contributed by atoms with Gasteiger partial charge in [0.15, 0.2) is 23.2 Å². The number of rotatable bonds is 56. The number of ether oxygens (including phenoxy) is 8. The second kappa shape index (κ2) is 49.3. The van der Waals surface area contributed by atoms with E-state index in [1.165, 1.54) is 0 Å². The van der Waals surface area contributed by atoms with Crippen molar-refractivity contribution in [2.24, 2.45) is 67.3 Å². The molecule has 0 spiro atoms. The minimum Gasteiger partial charge on any atom is -0.496 e. The van der Waals surface area contributed by atoms with Crippen LogP contribution in [0.3, 0.4) is 0 Å². The molecule has 0 N–H and O–H groups in total. The first-order valence-corrected chi connectivity index (χ1v) is 53.9. The molecule has 2 aromatic heterocycles. The maximum atomic E-state index is 17.0. The number of aromatic nitrogens is 4. The maximum absolute atomic E-state index is 17.0. The van der Waals surface area contributed by atoms with Crippen molar-refractivity contribution in [3.05, 3.63) is 48.7 Å². The van der Waals surface area contributed by atoms with Gasteiger partial charge in [-0.25, -0.2) is 4.99 Å². The van der Waals surface area contributed by atoms with Crippen molar-refractivity contribution in [2.45, 2.75) is 243 Å². The first kappa shape index (κ1) is 109. The summed E-state index contributed by atoms with van der Waals surface area (Å²) in [5, 5.41) is 2.35. The second-order valence-corrected chi connectivity index (χ2v) is 45.5. The molecule has 6 bridgehead atoms. The van der Waals surface area contributed by atoms with E-state index >= 15 is 4.48 Å². The van der Waals surface area contributed by atoms with Crippen LogP contribution < -0.4 is 49.1 Å². The molecule has 10 rings (SSSR count). The molecule has 2 unspecified atom stereocenters. The molecule has 1 aliphatic carbocycles. The molecule has 2 atom stereocenters. The third-order valence-corrected chi connectivity index (χ3v) is 32.6. The van der Waals surface area contributed by atoms with Crippen LogP contribution in [0, 0.1) is 47.3 Å². The number of allylic oxidation sites excluding steroid dienone is 1. The molecule has 130 heavy (non-hydrogen) atoms. The van der Waals surface area contributed by atoms with Crippen molar-refractivity contribution in [1.82, 2.24) is 14.5 Å². The van der Waals surface area contributed by atoms with Gasteiger partial charge in [0, 0.05) is 63.3 Å². The zero-order chi connectivity index (χ0) is 94.3. The summed E-state index contributed by atoms with van der Waals surface area (Å²) in [6.45, 7) is 63.5. The van der Waals surface area contributed by atoms with E-state index in [1.54, 1.807) is 56.4 Å². The van der Waals surface area contributed by atoms with Gasteiger partial charge in [-0.1, -0.05) is 155 Å². The minimum absolute atomic E-state index is 0. The number of nitrogens with zero attached hydrogens (tertiary/aromatic N) is 12. The molecule has 21 nitrogen and oxygen atoms in total. The van der Waals surface area contributed by atoms with Gasteiger partial charge >= 0.3 is 0 Å². The van der Waals surface area contributed by atoms with E-state index in [9.17, 15) is 0 Å². The summed E-state index contributed by atoms with van der Waals surface area (Å²) in [7, 11) is 6.90. The second-order valence-electron chi connectivity index (χ2n) is 39.4. The largest absolute Gasteiger partial charge is 0.496 e. The Morgan fingerprint density at radius 1 is 0.408 bits per heavy atom. The monoisotopic (exact) mass is 1990 g/mol. The van der Waals surface area contributed by atoms with Crippen molar-refractivity contribution in [3.63, 3.8) is 0 Å². The fraction of sp³-hybridized carbons (Fsp3) is 0.697. The standard InChI is InChI=1S/C99H155Cl4FN12O9S4.V/c1-28-113(25,29-2)44-56-126-88-77(101)81(118-49-37-61(11)12)69-70(84(88)121-52-40-64(17)18)93-105-92-68-71(85(122-53-41-65(19)20)89(129-59-47-116(104,34-7)35-8)76(100)80(68)117-48-36-60(9)10)95(106-92)109-97-75-73(83(120-51-39-63(15)16)79(103)91(87(75)124-55-43-67(23)24)128-58-46-115(27,32-5)33-6)99-110-98-72-74(96(108-94(69)107-93)111(98)125-112(97)99)86(123-54-42-66(21)22)90(127-57-45-114(26,30-3)31-4)78(102)82(72)119-50-38-62(13)14;/h60-67,76,89H,28-59H2,1-27H3;/q+4;. The van der Waals surface area contributed by atoms with Crippen molar-refractivity contribution in [3.8, 4) is 40.3 Å². The predicted molar refractivity (Wildman–Crippen MR) is 540 cm³/mol. The fourth-order valence-corrected chi connectivity index (χ4v) is 22.1. The first-order valence-electron chi connectivity index (χ1n) is 48.3. The van der Waals surface area contributed by atoms with Crippen molar-refractivity contribution >= 4 is 155 Å². The van der Waals surface area contributed by atoms with E-state index in [0.717, 1.165) is 72.4 Å². The van der Waals surface area contributed by atoms with Gasteiger partial charge in [-0.05, 0) is 163 Å². The molecule has 0 fully saturated rings.